The van der Waals surface area contributed by atoms with Crippen molar-refractivity contribution in [1.82, 2.24) is 15.1 Å². The lowest BCUT2D eigenvalue weighted by molar-refractivity contribution is -0.127. The summed E-state index contributed by atoms with van der Waals surface area (Å²) in [5.41, 5.74) is 1.95. The van der Waals surface area contributed by atoms with Crippen molar-refractivity contribution in [3.8, 4) is 5.69 Å². The zero-order chi connectivity index (χ0) is 16.1. The van der Waals surface area contributed by atoms with Gasteiger partial charge in [0.25, 0.3) is 0 Å². The minimum atomic E-state index is -0.839. The Morgan fingerprint density at radius 3 is 2.59 bits per heavy atom. The van der Waals surface area contributed by atoms with Crippen LogP contribution in [0.3, 0.4) is 0 Å². The van der Waals surface area contributed by atoms with Crippen LogP contribution in [0.25, 0.3) is 5.69 Å². The van der Waals surface area contributed by atoms with Crippen molar-refractivity contribution in [2.24, 2.45) is 5.92 Å². The van der Waals surface area contributed by atoms with E-state index in [0.717, 1.165) is 11.3 Å². The summed E-state index contributed by atoms with van der Waals surface area (Å²) in [6, 6.07) is 9.54. The SMILES string of the molecule is C=C[C@H](O)[C@H](C)C(=O)N[C@H](C)c1ccc(-n2cccn2)cc1. The number of hydrogen-bond donors (Lipinski definition) is 2. The van der Waals surface area contributed by atoms with Crippen LogP contribution >= 0.6 is 0 Å². The number of benzene rings is 1. The van der Waals surface area contributed by atoms with Gasteiger partial charge in [-0.05, 0) is 30.7 Å². The van der Waals surface area contributed by atoms with Crippen molar-refractivity contribution >= 4 is 5.91 Å². The van der Waals surface area contributed by atoms with Crippen LogP contribution in [0, 0.1) is 5.92 Å². The van der Waals surface area contributed by atoms with Gasteiger partial charge in [0, 0.05) is 12.4 Å². The van der Waals surface area contributed by atoms with Gasteiger partial charge in [-0.25, -0.2) is 4.68 Å². The summed E-state index contributed by atoms with van der Waals surface area (Å²) in [5, 5.41) is 16.7. The molecular formula is C17H21N3O2. The molecule has 0 spiro atoms. The molecule has 2 rings (SSSR count). The number of aliphatic hydroxyl groups is 1. The molecule has 1 aromatic carbocycles. The molecule has 3 atom stereocenters. The van der Waals surface area contributed by atoms with E-state index in [0.29, 0.717) is 0 Å². The molecule has 2 N–H and O–H groups in total. The summed E-state index contributed by atoms with van der Waals surface area (Å²) in [7, 11) is 0. The normalized spacial score (nSPS) is 14.9. The summed E-state index contributed by atoms with van der Waals surface area (Å²) < 4.78 is 1.77. The van der Waals surface area contributed by atoms with Crippen LogP contribution in [-0.2, 0) is 4.79 Å². The van der Waals surface area contributed by atoms with Crippen molar-refractivity contribution in [1.29, 1.82) is 0 Å². The summed E-state index contributed by atoms with van der Waals surface area (Å²) in [6.07, 6.45) is 4.13. The molecule has 0 aliphatic carbocycles. The lowest BCUT2D eigenvalue weighted by atomic mass is 10.0. The molecule has 0 saturated heterocycles. The number of carbonyl (C=O) groups excluding carboxylic acids is 1. The standard InChI is InChI=1S/C17H21N3O2/c1-4-16(21)12(2)17(22)19-13(3)14-6-8-15(9-7-14)20-11-5-10-18-20/h4-13,16,21H,1H2,2-3H3,(H,19,22)/t12-,13+,16-/m0/s1. The summed E-state index contributed by atoms with van der Waals surface area (Å²) in [5.74, 6) is -0.723. The lowest BCUT2D eigenvalue weighted by Crippen LogP contribution is -2.36. The molecule has 0 fully saturated rings. The second kappa shape index (κ2) is 7.04. The average Bonchev–Trinajstić information content (AvgIpc) is 3.07. The lowest BCUT2D eigenvalue weighted by Gasteiger charge is -2.20. The molecule has 0 aliphatic heterocycles. The number of aliphatic hydroxyl groups excluding tert-OH is 1. The van der Waals surface area contributed by atoms with Crippen LogP contribution in [0.1, 0.15) is 25.5 Å². The fourth-order valence-electron chi connectivity index (χ4n) is 2.12. The number of rotatable bonds is 6. The highest BCUT2D eigenvalue weighted by atomic mass is 16.3. The van der Waals surface area contributed by atoms with Gasteiger partial charge >= 0.3 is 0 Å². The second-order valence-corrected chi connectivity index (χ2v) is 5.29. The molecule has 2 aromatic rings. The van der Waals surface area contributed by atoms with E-state index in [2.05, 4.69) is 17.0 Å². The van der Waals surface area contributed by atoms with Crippen LogP contribution < -0.4 is 5.32 Å². The summed E-state index contributed by atoms with van der Waals surface area (Å²) >= 11 is 0. The van der Waals surface area contributed by atoms with Crippen molar-refractivity contribution in [2.75, 3.05) is 0 Å². The molecule has 116 valence electrons. The number of aromatic nitrogens is 2. The van der Waals surface area contributed by atoms with Crippen molar-refractivity contribution in [3.05, 3.63) is 60.9 Å². The third-order valence-corrected chi connectivity index (χ3v) is 3.69. The Labute approximate surface area is 130 Å². The largest absolute Gasteiger partial charge is 0.388 e. The smallest absolute Gasteiger partial charge is 0.226 e. The van der Waals surface area contributed by atoms with Gasteiger partial charge < -0.3 is 10.4 Å². The van der Waals surface area contributed by atoms with Gasteiger partial charge in [0.2, 0.25) is 5.91 Å². The highest BCUT2D eigenvalue weighted by Gasteiger charge is 2.21. The molecule has 1 heterocycles. The van der Waals surface area contributed by atoms with E-state index >= 15 is 0 Å². The van der Waals surface area contributed by atoms with Crippen molar-refractivity contribution in [3.63, 3.8) is 0 Å². The number of amides is 1. The van der Waals surface area contributed by atoms with E-state index in [1.54, 1.807) is 17.8 Å². The minimum Gasteiger partial charge on any atom is -0.388 e. The second-order valence-electron chi connectivity index (χ2n) is 5.29. The Hall–Kier alpha value is -2.40. The van der Waals surface area contributed by atoms with Gasteiger partial charge in [-0.15, -0.1) is 6.58 Å². The molecule has 0 bridgehead atoms. The molecule has 0 unspecified atom stereocenters. The van der Waals surface area contributed by atoms with Gasteiger partial charge in [-0.1, -0.05) is 25.1 Å². The van der Waals surface area contributed by atoms with Crippen LogP contribution in [0.15, 0.2) is 55.4 Å². The maximum atomic E-state index is 12.0. The molecule has 22 heavy (non-hydrogen) atoms. The number of carbonyl (C=O) groups is 1. The minimum absolute atomic E-state index is 0.140. The predicted octanol–water partition coefficient (Wildman–Crippen LogP) is 2.23. The van der Waals surface area contributed by atoms with Crippen molar-refractivity contribution < 1.29 is 9.90 Å². The van der Waals surface area contributed by atoms with Crippen LogP contribution in [0.5, 0.6) is 0 Å². The van der Waals surface area contributed by atoms with E-state index in [-0.39, 0.29) is 11.9 Å². The number of nitrogens with one attached hydrogen (secondary N) is 1. The molecule has 5 heteroatoms. The highest BCUT2D eigenvalue weighted by molar-refractivity contribution is 5.79. The zero-order valence-electron chi connectivity index (χ0n) is 12.8. The van der Waals surface area contributed by atoms with E-state index in [1.165, 1.54) is 6.08 Å². The quantitative estimate of drug-likeness (QED) is 0.804. The first-order chi connectivity index (χ1) is 10.5. The summed E-state index contributed by atoms with van der Waals surface area (Å²) in [6.45, 7) is 7.08. The summed E-state index contributed by atoms with van der Waals surface area (Å²) in [4.78, 5) is 12.0. The maximum absolute atomic E-state index is 12.0. The molecule has 1 amide bonds. The number of hydrogen-bond acceptors (Lipinski definition) is 3. The number of nitrogens with zero attached hydrogens (tertiary/aromatic N) is 2. The Bertz CT molecular complexity index is 620. The van der Waals surface area contributed by atoms with Gasteiger partial charge in [-0.2, -0.15) is 5.10 Å². The Morgan fingerprint density at radius 2 is 2.05 bits per heavy atom. The third kappa shape index (κ3) is 3.62. The van der Waals surface area contributed by atoms with E-state index in [9.17, 15) is 9.90 Å². The molecular weight excluding hydrogens is 278 g/mol. The Balaban J connectivity index is 2.02. The van der Waals surface area contributed by atoms with Crippen LogP contribution in [0.4, 0.5) is 0 Å². The first-order valence-corrected chi connectivity index (χ1v) is 7.24. The van der Waals surface area contributed by atoms with Gasteiger partial charge in [0.15, 0.2) is 0 Å². The maximum Gasteiger partial charge on any atom is 0.226 e. The van der Waals surface area contributed by atoms with E-state index in [1.807, 2.05) is 43.5 Å². The molecule has 1 aromatic heterocycles. The highest BCUT2D eigenvalue weighted by Crippen LogP contribution is 2.16. The van der Waals surface area contributed by atoms with Gasteiger partial charge in [0.1, 0.15) is 0 Å². The van der Waals surface area contributed by atoms with Gasteiger partial charge in [0.05, 0.1) is 23.8 Å². The molecule has 0 aliphatic rings. The fourth-order valence-corrected chi connectivity index (χ4v) is 2.12. The van der Waals surface area contributed by atoms with Crippen LogP contribution in [-0.4, -0.2) is 26.9 Å². The first-order valence-electron chi connectivity index (χ1n) is 7.24. The average molecular weight is 299 g/mol. The predicted molar refractivity (Wildman–Crippen MR) is 85.5 cm³/mol. The molecule has 0 radical (unpaired) electrons. The monoisotopic (exact) mass is 299 g/mol. The molecule has 0 saturated carbocycles. The first kappa shape index (κ1) is 16.0. The topological polar surface area (TPSA) is 67.2 Å². The Kier molecular flexibility index (Phi) is 5.12. The van der Waals surface area contributed by atoms with Crippen LogP contribution in [0.2, 0.25) is 0 Å². The van der Waals surface area contributed by atoms with E-state index in [4.69, 9.17) is 0 Å². The Morgan fingerprint density at radius 1 is 1.36 bits per heavy atom. The zero-order valence-corrected chi connectivity index (χ0v) is 12.8. The fraction of sp³-hybridized carbons (Fsp3) is 0.294. The third-order valence-electron chi connectivity index (χ3n) is 3.69. The van der Waals surface area contributed by atoms with Gasteiger partial charge in [-0.3, -0.25) is 4.79 Å². The van der Waals surface area contributed by atoms with Crippen molar-refractivity contribution in [2.45, 2.75) is 26.0 Å². The molecule has 5 nitrogen and oxygen atoms in total. The van der Waals surface area contributed by atoms with E-state index < -0.39 is 12.0 Å².